The summed E-state index contributed by atoms with van der Waals surface area (Å²) in [7, 11) is -1.94. The quantitative estimate of drug-likeness (QED) is 0.300. The molecule has 2 fully saturated rings. The third-order valence-electron chi connectivity index (χ3n) is 10.3. The van der Waals surface area contributed by atoms with Crippen LogP contribution in [0.15, 0.2) is 59.6 Å². The van der Waals surface area contributed by atoms with Crippen LogP contribution in [0.4, 0.5) is 23.7 Å². The number of methoxy groups -OCH3 is 2. The predicted octanol–water partition coefficient (Wildman–Crippen LogP) is 3.79. The van der Waals surface area contributed by atoms with Crippen LogP contribution in [-0.4, -0.2) is 130 Å². The summed E-state index contributed by atoms with van der Waals surface area (Å²) in [5, 5.41) is 20.0. The highest BCUT2D eigenvalue weighted by molar-refractivity contribution is 7.93. The molecule has 1 atom stereocenters. The standard InChI is InChI=1S/C36H43N7O7S.C2HF3O2/c1-5-40-16-13-26(14-17-40)41-18-20-42(21-19-41)35(45)39-36(28-8-7-15-38-33(28)50-6-2)29-22-25(24-37)9-11-30(29)43(34(36)44)51(46,47)32-12-10-27(48-3)23-31(32)49-4;3-2(4,5)1(6)7/h7-12,15,22-23,26H,5-6,13-14,16-21H2,1-4H3,(H,39,45);(H,6,7). The van der Waals surface area contributed by atoms with Gasteiger partial charge in [-0.3, -0.25) is 9.69 Å². The Bertz CT molecular complexity index is 2150. The molecule has 1 unspecified atom stereocenters. The second-order valence-electron chi connectivity index (χ2n) is 13.4. The number of aliphatic carboxylic acids is 1. The van der Waals surface area contributed by atoms with E-state index >= 15 is 4.79 Å². The van der Waals surface area contributed by atoms with Crippen LogP contribution in [0.25, 0.3) is 0 Å². The molecule has 20 heteroatoms. The van der Waals surface area contributed by atoms with Crippen LogP contribution in [0.1, 0.15) is 43.4 Å². The summed E-state index contributed by atoms with van der Waals surface area (Å²) >= 11 is 0. The Hall–Kier alpha value is -5.65. The molecule has 3 amide bonds. The molecule has 1 aromatic heterocycles. The third kappa shape index (κ3) is 8.61. The van der Waals surface area contributed by atoms with Gasteiger partial charge in [0.05, 0.1) is 43.7 Å². The van der Waals surface area contributed by atoms with E-state index in [9.17, 15) is 31.6 Å². The molecule has 312 valence electrons. The second kappa shape index (κ2) is 17.9. The maximum Gasteiger partial charge on any atom is 0.490 e. The van der Waals surface area contributed by atoms with Gasteiger partial charge < -0.3 is 34.4 Å². The zero-order valence-corrected chi connectivity index (χ0v) is 33.1. The first kappa shape index (κ1) is 43.5. The molecule has 0 spiro atoms. The number of sulfonamides is 1. The molecule has 6 rings (SSSR count). The van der Waals surface area contributed by atoms with Gasteiger partial charge in [0.2, 0.25) is 5.88 Å². The van der Waals surface area contributed by atoms with Crippen molar-refractivity contribution in [2.75, 3.05) is 70.9 Å². The number of likely N-dealkylation sites (tertiary alicyclic amines) is 1. The summed E-state index contributed by atoms with van der Waals surface area (Å²) in [6, 6.07) is 13.5. The van der Waals surface area contributed by atoms with Gasteiger partial charge >= 0.3 is 18.2 Å². The number of fused-ring (bicyclic) bond motifs is 1. The van der Waals surface area contributed by atoms with Crippen molar-refractivity contribution in [3.8, 4) is 23.4 Å². The Kier molecular flexibility index (Phi) is 13.4. The minimum atomic E-state index is -5.08. The van der Waals surface area contributed by atoms with Crippen LogP contribution in [0.2, 0.25) is 0 Å². The number of hydrogen-bond donors (Lipinski definition) is 2. The number of urea groups is 1. The molecule has 2 aromatic carbocycles. The number of carboxylic acid groups (broad SMARTS) is 1. The number of halogens is 3. The summed E-state index contributed by atoms with van der Waals surface area (Å²) in [4.78, 5) is 49.0. The Morgan fingerprint density at radius 1 is 1.00 bits per heavy atom. The summed E-state index contributed by atoms with van der Waals surface area (Å²) < 4.78 is 78.2. The molecule has 0 bridgehead atoms. The monoisotopic (exact) mass is 831 g/mol. The van der Waals surface area contributed by atoms with Crippen LogP contribution in [0.3, 0.4) is 0 Å². The zero-order valence-electron chi connectivity index (χ0n) is 32.3. The number of anilines is 1. The lowest BCUT2D eigenvalue weighted by molar-refractivity contribution is -0.192. The van der Waals surface area contributed by atoms with Crippen molar-refractivity contribution in [1.82, 2.24) is 25.0 Å². The molecule has 3 aromatic rings. The SMILES string of the molecule is CCOc1ncccc1C1(NC(=O)N2CCN(C3CCN(CC)CC3)CC2)C(=O)N(S(=O)(=O)c2ccc(OC)cc2OC)c2ccc(C#N)cc21.O=C(O)C(F)(F)F. The number of benzene rings is 2. The number of nitrogens with one attached hydrogen (secondary N) is 1. The maximum absolute atomic E-state index is 15.2. The number of ether oxygens (including phenoxy) is 3. The number of hydrogen-bond acceptors (Lipinski definition) is 12. The van der Waals surface area contributed by atoms with E-state index in [4.69, 9.17) is 24.1 Å². The predicted molar refractivity (Wildman–Crippen MR) is 202 cm³/mol. The number of piperidine rings is 1. The molecule has 58 heavy (non-hydrogen) atoms. The number of nitrogens with zero attached hydrogens (tertiary/aromatic N) is 6. The van der Waals surface area contributed by atoms with Crippen molar-refractivity contribution in [3.63, 3.8) is 0 Å². The van der Waals surface area contributed by atoms with Crippen LogP contribution < -0.4 is 23.8 Å². The van der Waals surface area contributed by atoms with Crippen LogP contribution >= 0.6 is 0 Å². The average molecular weight is 832 g/mol. The number of carboxylic acids is 1. The Morgan fingerprint density at radius 3 is 2.24 bits per heavy atom. The lowest BCUT2D eigenvalue weighted by Gasteiger charge is -2.43. The van der Waals surface area contributed by atoms with Gasteiger partial charge in [0, 0.05) is 50.0 Å². The fraction of sp³-hybridized carbons (Fsp3) is 0.447. The number of piperazine rings is 1. The van der Waals surface area contributed by atoms with E-state index in [1.165, 1.54) is 56.8 Å². The topological polar surface area (TPSA) is 195 Å². The van der Waals surface area contributed by atoms with E-state index < -0.39 is 39.6 Å². The van der Waals surface area contributed by atoms with Crippen LogP contribution in [0, 0.1) is 11.3 Å². The molecule has 3 aliphatic heterocycles. The lowest BCUT2D eigenvalue weighted by Crippen LogP contribution is -2.61. The number of rotatable bonds is 10. The van der Waals surface area contributed by atoms with E-state index in [0.29, 0.717) is 42.3 Å². The molecule has 0 radical (unpaired) electrons. The molecule has 0 saturated carbocycles. The molecule has 2 N–H and O–H groups in total. The van der Waals surface area contributed by atoms with E-state index in [0.717, 1.165) is 32.5 Å². The average Bonchev–Trinajstić information content (AvgIpc) is 3.47. The van der Waals surface area contributed by atoms with Gasteiger partial charge in [0.1, 0.15) is 16.4 Å². The van der Waals surface area contributed by atoms with Gasteiger partial charge in [-0.1, -0.05) is 6.92 Å². The van der Waals surface area contributed by atoms with Gasteiger partial charge in [0.25, 0.3) is 15.9 Å². The fourth-order valence-electron chi connectivity index (χ4n) is 7.29. The van der Waals surface area contributed by atoms with Crippen molar-refractivity contribution >= 4 is 33.6 Å². The molecular weight excluding hydrogens is 788 g/mol. The number of aromatic nitrogens is 1. The minimum absolute atomic E-state index is 0.0338. The molecule has 4 heterocycles. The number of carbonyl (C=O) groups is 3. The number of nitriles is 1. The van der Waals surface area contributed by atoms with Crippen molar-refractivity contribution in [2.24, 2.45) is 0 Å². The van der Waals surface area contributed by atoms with Gasteiger partial charge in [-0.25, -0.2) is 23.0 Å². The number of amides is 3. The Balaban J connectivity index is 0.000000839. The summed E-state index contributed by atoms with van der Waals surface area (Å²) in [5.74, 6) is -3.41. The highest BCUT2D eigenvalue weighted by Gasteiger charge is 2.59. The largest absolute Gasteiger partial charge is 0.497 e. The zero-order chi connectivity index (χ0) is 42.4. The van der Waals surface area contributed by atoms with Crippen LogP contribution in [-0.2, 0) is 25.2 Å². The highest BCUT2D eigenvalue weighted by atomic mass is 32.2. The number of carbonyl (C=O) groups excluding carboxylic acids is 2. The first-order valence-electron chi connectivity index (χ1n) is 18.4. The van der Waals surface area contributed by atoms with E-state index in [2.05, 4.69) is 33.1 Å². The van der Waals surface area contributed by atoms with E-state index in [1.807, 2.05) is 0 Å². The fourth-order valence-corrected chi connectivity index (χ4v) is 8.90. The summed E-state index contributed by atoms with van der Waals surface area (Å²) in [5.41, 5.74) is -1.80. The third-order valence-corrected chi connectivity index (χ3v) is 12.0. The van der Waals surface area contributed by atoms with Gasteiger partial charge in [-0.2, -0.15) is 22.7 Å². The highest BCUT2D eigenvalue weighted by Crippen LogP contribution is 2.50. The smallest absolute Gasteiger partial charge is 0.490 e. The Labute approximate surface area is 333 Å². The maximum atomic E-state index is 15.2. The lowest BCUT2D eigenvalue weighted by atomic mass is 9.83. The second-order valence-corrected chi connectivity index (χ2v) is 15.2. The van der Waals surface area contributed by atoms with Crippen molar-refractivity contribution < 1.29 is 55.3 Å². The minimum Gasteiger partial charge on any atom is -0.497 e. The summed E-state index contributed by atoms with van der Waals surface area (Å²) in [6.45, 7) is 9.37. The van der Waals surface area contributed by atoms with Gasteiger partial charge in [-0.15, -0.1) is 0 Å². The van der Waals surface area contributed by atoms with Crippen molar-refractivity contribution in [1.29, 1.82) is 5.26 Å². The van der Waals surface area contributed by atoms with Crippen molar-refractivity contribution in [2.45, 2.75) is 49.3 Å². The molecule has 16 nitrogen and oxygen atoms in total. The van der Waals surface area contributed by atoms with Crippen molar-refractivity contribution in [3.05, 3.63) is 71.4 Å². The normalized spacial score (nSPS) is 19.0. The molecule has 0 aliphatic carbocycles. The number of pyridine rings is 1. The first-order chi connectivity index (χ1) is 27.6. The first-order valence-corrected chi connectivity index (χ1v) is 19.8. The van der Waals surface area contributed by atoms with Gasteiger partial charge in [0.15, 0.2) is 5.54 Å². The van der Waals surface area contributed by atoms with Crippen LogP contribution in [0.5, 0.6) is 17.4 Å². The summed E-state index contributed by atoms with van der Waals surface area (Å²) in [6.07, 6.45) is -1.46. The Morgan fingerprint density at radius 2 is 1.67 bits per heavy atom. The molecule has 3 aliphatic rings. The van der Waals surface area contributed by atoms with E-state index in [1.54, 1.807) is 24.0 Å². The molecule has 2 saturated heterocycles. The van der Waals surface area contributed by atoms with E-state index in [-0.39, 0.29) is 45.5 Å². The van der Waals surface area contributed by atoms with Gasteiger partial charge in [-0.05, 0) is 81.9 Å². The molecular formula is C38H44F3N7O9S. The number of alkyl halides is 3.